The number of carbonyl (C=O) groups is 1. The maximum atomic E-state index is 12.4. The molecule has 0 atom stereocenters. The van der Waals surface area contributed by atoms with Crippen molar-refractivity contribution < 1.29 is 9.72 Å². The molecule has 23 heavy (non-hydrogen) atoms. The van der Waals surface area contributed by atoms with Gasteiger partial charge in [0.1, 0.15) is 11.6 Å². The molecule has 2 aromatic carbocycles. The number of ketones is 1. The van der Waals surface area contributed by atoms with Gasteiger partial charge in [-0.2, -0.15) is 5.26 Å². The van der Waals surface area contributed by atoms with E-state index in [9.17, 15) is 20.2 Å². The van der Waals surface area contributed by atoms with Crippen molar-refractivity contribution in [2.45, 2.75) is 0 Å². The molecule has 0 radical (unpaired) electrons. The highest BCUT2D eigenvalue weighted by Gasteiger charge is 2.16. The highest BCUT2D eigenvalue weighted by Crippen LogP contribution is 2.24. The zero-order valence-electron chi connectivity index (χ0n) is 11.5. The number of nitro groups is 1. The minimum atomic E-state index is -0.623. The molecule has 0 saturated heterocycles. The summed E-state index contributed by atoms with van der Waals surface area (Å²) in [5.41, 5.74) is 0.0934. The van der Waals surface area contributed by atoms with Crippen LogP contribution in [0.15, 0.2) is 48.0 Å². The van der Waals surface area contributed by atoms with Crippen molar-refractivity contribution in [1.82, 2.24) is 0 Å². The number of rotatable bonds is 4. The van der Waals surface area contributed by atoms with E-state index in [1.807, 2.05) is 0 Å². The van der Waals surface area contributed by atoms with Gasteiger partial charge in [0, 0.05) is 27.7 Å². The molecule has 2 aromatic rings. The summed E-state index contributed by atoms with van der Waals surface area (Å²) >= 11 is 11.8. The van der Waals surface area contributed by atoms with Gasteiger partial charge in [0.25, 0.3) is 5.69 Å². The quantitative estimate of drug-likeness (QED) is 0.264. The van der Waals surface area contributed by atoms with Gasteiger partial charge in [0.05, 0.1) is 4.92 Å². The van der Waals surface area contributed by atoms with Crippen molar-refractivity contribution in [2.24, 2.45) is 0 Å². The first kappa shape index (κ1) is 16.7. The summed E-state index contributed by atoms with van der Waals surface area (Å²) in [7, 11) is 0. The van der Waals surface area contributed by atoms with Gasteiger partial charge >= 0.3 is 0 Å². The number of nitriles is 1. The maximum Gasteiger partial charge on any atom is 0.270 e. The molecule has 2 rings (SSSR count). The molecule has 0 aliphatic heterocycles. The summed E-state index contributed by atoms with van der Waals surface area (Å²) in [5.74, 6) is -0.623. The molecule has 0 bridgehead atoms. The smallest absolute Gasteiger partial charge is 0.270 e. The number of halogens is 2. The summed E-state index contributed by atoms with van der Waals surface area (Å²) in [6.07, 6.45) is 1.32. The standard InChI is InChI=1S/C16H8Cl2N2O3/c17-13-5-4-10(15(18)8-13)6-12(9-19)16(21)11-2-1-3-14(7-11)20(22)23/h1-8H. The van der Waals surface area contributed by atoms with Crippen LogP contribution in [0.4, 0.5) is 5.69 Å². The van der Waals surface area contributed by atoms with E-state index in [0.717, 1.165) is 6.07 Å². The lowest BCUT2D eigenvalue weighted by Gasteiger charge is -2.02. The largest absolute Gasteiger partial charge is 0.288 e. The molecule has 0 spiro atoms. The third kappa shape index (κ3) is 3.95. The molecular formula is C16H8Cl2N2O3. The van der Waals surface area contributed by atoms with Gasteiger partial charge in [-0.05, 0) is 23.8 Å². The number of carbonyl (C=O) groups excluding carboxylic acids is 1. The second-order valence-electron chi connectivity index (χ2n) is 4.47. The van der Waals surface area contributed by atoms with Gasteiger partial charge in [-0.1, -0.05) is 41.4 Å². The van der Waals surface area contributed by atoms with Crippen molar-refractivity contribution >= 4 is 40.7 Å². The normalized spacial score (nSPS) is 10.9. The third-order valence-electron chi connectivity index (χ3n) is 2.95. The van der Waals surface area contributed by atoms with Crippen LogP contribution in [0.1, 0.15) is 15.9 Å². The van der Waals surface area contributed by atoms with Gasteiger partial charge in [-0.15, -0.1) is 0 Å². The number of nitrogens with zero attached hydrogens (tertiary/aromatic N) is 2. The Labute approximate surface area is 141 Å². The Morgan fingerprint density at radius 1 is 1.22 bits per heavy atom. The molecule has 0 heterocycles. The van der Waals surface area contributed by atoms with Gasteiger partial charge in [0.15, 0.2) is 0 Å². The predicted octanol–water partition coefficient (Wildman–Crippen LogP) is 4.69. The number of non-ortho nitro benzene ring substituents is 1. The van der Waals surface area contributed by atoms with Crippen molar-refractivity contribution in [1.29, 1.82) is 5.26 Å². The van der Waals surface area contributed by atoms with Crippen LogP contribution >= 0.6 is 23.2 Å². The van der Waals surface area contributed by atoms with E-state index < -0.39 is 10.7 Å². The Hall–Kier alpha value is -2.68. The fraction of sp³-hybridized carbons (Fsp3) is 0. The fourth-order valence-electron chi connectivity index (χ4n) is 1.84. The number of Topliss-reactive ketones (excluding diaryl/α,β-unsaturated/α-hetero) is 1. The summed E-state index contributed by atoms with van der Waals surface area (Å²) in [5, 5.41) is 20.7. The molecule has 0 unspecified atom stereocenters. The second-order valence-corrected chi connectivity index (χ2v) is 5.32. The van der Waals surface area contributed by atoms with E-state index in [4.69, 9.17) is 23.2 Å². The minimum Gasteiger partial charge on any atom is -0.288 e. The van der Waals surface area contributed by atoms with Crippen molar-refractivity contribution in [3.63, 3.8) is 0 Å². The van der Waals surface area contributed by atoms with Crippen LogP contribution < -0.4 is 0 Å². The fourth-order valence-corrected chi connectivity index (χ4v) is 2.30. The number of benzene rings is 2. The number of hydrogen-bond acceptors (Lipinski definition) is 4. The zero-order valence-corrected chi connectivity index (χ0v) is 13.0. The van der Waals surface area contributed by atoms with E-state index in [1.165, 1.54) is 30.3 Å². The lowest BCUT2D eigenvalue weighted by molar-refractivity contribution is -0.384. The molecular weight excluding hydrogens is 339 g/mol. The van der Waals surface area contributed by atoms with Gasteiger partial charge in [-0.25, -0.2) is 0 Å². The van der Waals surface area contributed by atoms with Crippen LogP contribution in [0.25, 0.3) is 6.08 Å². The van der Waals surface area contributed by atoms with Crippen LogP contribution in [0, 0.1) is 21.4 Å². The first-order valence-electron chi connectivity index (χ1n) is 6.28. The molecule has 0 aliphatic rings. The minimum absolute atomic E-state index is 0.0529. The van der Waals surface area contributed by atoms with Crippen molar-refractivity contribution in [3.8, 4) is 6.07 Å². The lowest BCUT2D eigenvalue weighted by Crippen LogP contribution is -2.03. The Balaban J connectivity index is 2.43. The Bertz CT molecular complexity index is 870. The third-order valence-corrected chi connectivity index (χ3v) is 3.51. The number of nitro benzene ring substituents is 1. The summed E-state index contributed by atoms with van der Waals surface area (Å²) in [6.45, 7) is 0. The molecule has 5 nitrogen and oxygen atoms in total. The van der Waals surface area contributed by atoms with E-state index in [2.05, 4.69) is 0 Å². The van der Waals surface area contributed by atoms with Gasteiger partial charge in [0.2, 0.25) is 5.78 Å². The highest BCUT2D eigenvalue weighted by molar-refractivity contribution is 6.35. The topological polar surface area (TPSA) is 84.0 Å². The SMILES string of the molecule is N#CC(=Cc1ccc(Cl)cc1Cl)C(=O)c1cccc([N+](=O)[O-])c1. The molecule has 0 fully saturated rings. The van der Waals surface area contributed by atoms with Crippen LogP contribution in [-0.4, -0.2) is 10.7 Å². The number of allylic oxidation sites excluding steroid dienone is 1. The summed E-state index contributed by atoms with van der Waals surface area (Å²) in [4.78, 5) is 22.5. The van der Waals surface area contributed by atoms with Crippen LogP contribution in [0.2, 0.25) is 10.0 Å². The Morgan fingerprint density at radius 2 is 1.96 bits per heavy atom. The Kier molecular flexibility index (Phi) is 5.12. The molecule has 0 amide bonds. The molecule has 0 aromatic heterocycles. The van der Waals surface area contributed by atoms with Crippen molar-refractivity contribution in [3.05, 3.63) is 79.3 Å². The average Bonchev–Trinajstić information content (AvgIpc) is 2.53. The molecule has 0 N–H and O–H groups in total. The Morgan fingerprint density at radius 3 is 2.57 bits per heavy atom. The molecule has 114 valence electrons. The van der Waals surface area contributed by atoms with Gasteiger partial charge < -0.3 is 0 Å². The van der Waals surface area contributed by atoms with Gasteiger partial charge in [-0.3, -0.25) is 14.9 Å². The van der Waals surface area contributed by atoms with Crippen LogP contribution in [0.5, 0.6) is 0 Å². The highest BCUT2D eigenvalue weighted by atomic mass is 35.5. The van der Waals surface area contributed by atoms with Crippen LogP contribution in [0.3, 0.4) is 0 Å². The zero-order chi connectivity index (χ0) is 17.0. The lowest BCUT2D eigenvalue weighted by atomic mass is 10.0. The maximum absolute atomic E-state index is 12.4. The molecule has 7 heteroatoms. The molecule has 0 saturated carbocycles. The van der Waals surface area contributed by atoms with Crippen molar-refractivity contribution in [2.75, 3.05) is 0 Å². The summed E-state index contributed by atoms with van der Waals surface area (Å²) < 4.78 is 0. The second kappa shape index (κ2) is 7.05. The van der Waals surface area contributed by atoms with E-state index in [1.54, 1.807) is 18.2 Å². The van der Waals surface area contributed by atoms with Crippen LogP contribution in [-0.2, 0) is 0 Å². The van der Waals surface area contributed by atoms with E-state index >= 15 is 0 Å². The predicted molar refractivity (Wildman–Crippen MR) is 87.5 cm³/mol. The monoisotopic (exact) mass is 346 g/mol. The first-order valence-corrected chi connectivity index (χ1v) is 7.04. The summed E-state index contributed by atoms with van der Waals surface area (Å²) in [6, 6.07) is 11.6. The first-order chi connectivity index (χ1) is 10.9. The number of hydrogen-bond donors (Lipinski definition) is 0. The van der Waals surface area contributed by atoms with E-state index in [0.29, 0.717) is 10.6 Å². The molecule has 0 aliphatic carbocycles. The average molecular weight is 347 g/mol. The van der Waals surface area contributed by atoms with E-state index in [-0.39, 0.29) is 21.8 Å².